The Hall–Kier alpha value is -2.01. The van der Waals surface area contributed by atoms with E-state index in [1.54, 1.807) is 24.3 Å². The lowest BCUT2D eigenvalue weighted by Crippen LogP contribution is -1.96. The SMILES string of the molecule is CSc1ccc(C(=O)/C=C/c2c(F)ccc(F)c2F)cc1. The summed E-state index contributed by atoms with van der Waals surface area (Å²) in [6, 6.07) is 8.30. The first-order chi connectivity index (χ1) is 10.0. The molecule has 0 spiro atoms. The molecule has 0 unspecified atom stereocenters. The summed E-state index contributed by atoms with van der Waals surface area (Å²) in [6.07, 6.45) is 3.87. The molecule has 0 saturated heterocycles. The van der Waals surface area contributed by atoms with Crippen molar-refractivity contribution >= 4 is 23.6 Å². The van der Waals surface area contributed by atoms with Crippen molar-refractivity contribution in [1.29, 1.82) is 0 Å². The van der Waals surface area contributed by atoms with Crippen LogP contribution in [0.2, 0.25) is 0 Å². The molecule has 2 rings (SSSR count). The summed E-state index contributed by atoms with van der Waals surface area (Å²) in [5, 5.41) is 0. The highest BCUT2D eigenvalue weighted by atomic mass is 32.2. The molecular formula is C16H11F3OS. The molecule has 1 nitrogen and oxygen atoms in total. The van der Waals surface area contributed by atoms with Crippen LogP contribution in [-0.4, -0.2) is 12.0 Å². The molecule has 21 heavy (non-hydrogen) atoms. The van der Waals surface area contributed by atoms with Gasteiger partial charge in [0.25, 0.3) is 0 Å². The van der Waals surface area contributed by atoms with E-state index in [0.717, 1.165) is 23.1 Å². The first kappa shape index (κ1) is 15.4. The van der Waals surface area contributed by atoms with Gasteiger partial charge in [-0.15, -0.1) is 11.8 Å². The lowest BCUT2D eigenvalue weighted by molar-refractivity contribution is 0.104. The number of thioether (sulfide) groups is 1. The molecule has 0 N–H and O–H groups in total. The molecule has 5 heteroatoms. The largest absolute Gasteiger partial charge is 0.289 e. The number of rotatable bonds is 4. The second-order valence-electron chi connectivity index (χ2n) is 4.18. The van der Waals surface area contributed by atoms with E-state index >= 15 is 0 Å². The van der Waals surface area contributed by atoms with Gasteiger partial charge < -0.3 is 0 Å². The molecule has 0 aliphatic carbocycles. The Morgan fingerprint density at radius 1 is 1.00 bits per heavy atom. The molecule has 0 bridgehead atoms. The topological polar surface area (TPSA) is 17.1 Å². The molecule has 2 aromatic rings. The summed E-state index contributed by atoms with van der Waals surface area (Å²) in [5.74, 6) is -3.80. The van der Waals surface area contributed by atoms with Gasteiger partial charge in [-0.25, -0.2) is 13.2 Å². The molecule has 0 fully saturated rings. The van der Waals surface area contributed by atoms with E-state index in [-0.39, 0.29) is 0 Å². The van der Waals surface area contributed by atoms with Gasteiger partial charge >= 0.3 is 0 Å². The van der Waals surface area contributed by atoms with Crippen molar-refractivity contribution in [3.8, 4) is 0 Å². The van der Waals surface area contributed by atoms with Crippen LogP contribution in [0.1, 0.15) is 15.9 Å². The van der Waals surface area contributed by atoms with Crippen molar-refractivity contribution in [2.24, 2.45) is 0 Å². The summed E-state index contributed by atoms with van der Waals surface area (Å²) in [7, 11) is 0. The van der Waals surface area contributed by atoms with E-state index in [0.29, 0.717) is 11.6 Å². The average molecular weight is 308 g/mol. The molecule has 0 saturated carbocycles. The minimum absolute atomic E-state index is 0.390. The minimum Gasteiger partial charge on any atom is -0.289 e. The summed E-state index contributed by atoms with van der Waals surface area (Å²) >= 11 is 1.53. The lowest BCUT2D eigenvalue weighted by Gasteiger charge is -2.01. The summed E-state index contributed by atoms with van der Waals surface area (Å²) < 4.78 is 39.9. The van der Waals surface area contributed by atoms with Crippen molar-refractivity contribution in [3.63, 3.8) is 0 Å². The molecular weight excluding hydrogens is 297 g/mol. The van der Waals surface area contributed by atoms with E-state index in [1.165, 1.54) is 11.8 Å². The highest BCUT2D eigenvalue weighted by Crippen LogP contribution is 2.18. The van der Waals surface area contributed by atoms with Gasteiger partial charge in [-0.05, 0) is 54.8 Å². The smallest absolute Gasteiger partial charge is 0.185 e. The summed E-state index contributed by atoms with van der Waals surface area (Å²) in [5.41, 5.74) is -0.176. The fourth-order valence-electron chi connectivity index (χ4n) is 1.71. The molecule has 0 aromatic heterocycles. The third-order valence-corrected chi connectivity index (χ3v) is 3.60. The maximum absolute atomic E-state index is 13.4. The van der Waals surface area contributed by atoms with Gasteiger partial charge in [0.05, 0.1) is 0 Å². The van der Waals surface area contributed by atoms with E-state index < -0.39 is 28.8 Å². The molecule has 0 amide bonds. The zero-order valence-electron chi connectivity index (χ0n) is 11.1. The number of carbonyl (C=O) groups is 1. The number of ketones is 1. The quantitative estimate of drug-likeness (QED) is 0.352. The van der Waals surface area contributed by atoms with Gasteiger partial charge in [-0.3, -0.25) is 4.79 Å². The van der Waals surface area contributed by atoms with Crippen LogP contribution in [0.3, 0.4) is 0 Å². The van der Waals surface area contributed by atoms with Gasteiger partial charge in [0.15, 0.2) is 17.4 Å². The standard InChI is InChI=1S/C16H11F3OS/c1-21-11-4-2-10(3-5-11)15(20)9-6-12-13(17)7-8-14(18)16(12)19/h2-9H,1H3/b9-6+. The zero-order chi connectivity index (χ0) is 15.4. The van der Waals surface area contributed by atoms with Crippen LogP contribution in [0.5, 0.6) is 0 Å². The number of hydrogen-bond donors (Lipinski definition) is 0. The minimum atomic E-state index is -1.31. The number of carbonyl (C=O) groups excluding carboxylic acids is 1. The maximum Gasteiger partial charge on any atom is 0.185 e. The monoisotopic (exact) mass is 308 g/mol. The maximum atomic E-state index is 13.4. The normalized spacial score (nSPS) is 11.0. The van der Waals surface area contributed by atoms with Gasteiger partial charge in [0, 0.05) is 16.0 Å². The fourth-order valence-corrected chi connectivity index (χ4v) is 2.11. The van der Waals surface area contributed by atoms with E-state index in [4.69, 9.17) is 0 Å². The fraction of sp³-hybridized carbons (Fsp3) is 0.0625. The Morgan fingerprint density at radius 3 is 2.24 bits per heavy atom. The van der Waals surface area contributed by atoms with Gasteiger partial charge in [-0.1, -0.05) is 0 Å². The average Bonchev–Trinajstić information content (AvgIpc) is 2.51. The Kier molecular flexibility index (Phi) is 4.85. The Bertz CT molecular complexity index is 693. The molecule has 0 heterocycles. The molecule has 0 radical (unpaired) electrons. The van der Waals surface area contributed by atoms with Crippen molar-refractivity contribution in [2.75, 3.05) is 6.26 Å². The Balaban J connectivity index is 2.24. The molecule has 2 aromatic carbocycles. The predicted octanol–water partition coefficient (Wildman–Crippen LogP) is 4.72. The zero-order valence-corrected chi connectivity index (χ0v) is 11.9. The van der Waals surface area contributed by atoms with Crippen LogP contribution < -0.4 is 0 Å². The third-order valence-electron chi connectivity index (χ3n) is 2.86. The second-order valence-corrected chi connectivity index (χ2v) is 5.06. The van der Waals surface area contributed by atoms with Crippen LogP contribution in [-0.2, 0) is 0 Å². The first-order valence-corrected chi connectivity index (χ1v) is 7.25. The summed E-state index contributed by atoms with van der Waals surface area (Å²) in [6.45, 7) is 0. The molecule has 108 valence electrons. The van der Waals surface area contributed by atoms with Crippen LogP contribution in [0.15, 0.2) is 47.4 Å². The van der Waals surface area contributed by atoms with Gasteiger partial charge in [0.1, 0.15) is 5.82 Å². The van der Waals surface area contributed by atoms with Crippen LogP contribution in [0.25, 0.3) is 6.08 Å². The van der Waals surface area contributed by atoms with Crippen molar-refractivity contribution in [2.45, 2.75) is 4.90 Å². The number of benzene rings is 2. The molecule has 0 aliphatic heterocycles. The van der Waals surface area contributed by atoms with E-state index in [9.17, 15) is 18.0 Å². The van der Waals surface area contributed by atoms with Crippen LogP contribution in [0, 0.1) is 17.5 Å². The van der Waals surface area contributed by atoms with E-state index in [2.05, 4.69) is 0 Å². The van der Waals surface area contributed by atoms with Crippen molar-refractivity contribution < 1.29 is 18.0 Å². The van der Waals surface area contributed by atoms with E-state index in [1.807, 2.05) is 6.26 Å². The van der Waals surface area contributed by atoms with Crippen LogP contribution >= 0.6 is 11.8 Å². The van der Waals surface area contributed by atoms with Crippen molar-refractivity contribution in [1.82, 2.24) is 0 Å². The second kappa shape index (κ2) is 6.63. The third kappa shape index (κ3) is 3.55. The molecule has 0 atom stereocenters. The predicted molar refractivity (Wildman–Crippen MR) is 77.9 cm³/mol. The van der Waals surface area contributed by atoms with Gasteiger partial charge in [-0.2, -0.15) is 0 Å². The highest BCUT2D eigenvalue weighted by molar-refractivity contribution is 7.98. The number of hydrogen-bond acceptors (Lipinski definition) is 2. The van der Waals surface area contributed by atoms with Gasteiger partial charge in [0.2, 0.25) is 0 Å². The Morgan fingerprint density at radius 2 is 1.62 bits per heavy atom. The highest BCUT2D eigenvalue weighted by Gasteiger charge is 2.11. The lowest BCUT2D eigenvalue weighted by atomic mass is 10.1. The number of halogens is 3. The Labute approximate surface area is 124 Å². The number of allylic oxidation sites excluding steroid dienone is 1. The van der Waals surface area contributed by atoms with Crippen molar-refractivity contribution in [3.05, 3.63) is 71.1 Å². The van der Waals surface area contributed by atoms with Crippen LogP contribution in [0.4, 0.5) is 13.2 Å². The molecule has 0 aliphatic rings. The summed E-state index contributed by atoms with van der Waals surface area (Å²) in [4.78, 5) is 12.9. The first-order valence-electron chi connectivity index (χ1n) is 6.03.